The Hall–Kier alpha value is -1.13. The van der Waals surface area contributed by atoms with Crippen LogP contribution in [0.1, 0.15) is 10.4 Å². The molecule has 0 radical (unpaired) electrons. The van der Waals surface area contributed by atoms with Crippen molar-refractivity contribution in [2.75, 3.05) is 4.72 Å². The van der Waals surface area contributed by atoms with Gasteiger partial charge in [-0.1, -0.05) is 0 Å². The summed E-state index contributed by atoms with van der Waals surface area (Å²) < 4.78 is 28.2. The molecule has 0 saturated heterocycles. The molecule has 0 bridgehead atoms. The minimum atomic E-state index is -3.84. The van der Waals surface area contributed by atoms with Gasteiger partial charge in [-0.25, -0.2) is 13.2 Å². The number of hydrogen-bond acceptors (Lipinski definition) is 3. The van der Waals surface area contributed by atoms with Gasteiger partial charge in [-0.05, 0) is 81.0 Å². The number of rotatable bonds is 4. The van der Waals surface area contributed by atoms with Crippen LogP contribution in [0.15, 0.2) is 51.8 Å². The molecule has 0 aromatic heterocycles. The van der Waals surface area contributed by atoms with Gasteiger partial charge in [-0.3, -0.25) is 4.72 Å². The number of carboxylic acids is 1. The van der Waals surface area contributed by atoms with Crippen molar-refractivity contribution in [1.29, 1.82) is 0 Å². The van der Waals surface area contributed by atoms with E-state index in [9.17, 15) is 13.2 Å². The van der Waals surface area contributed by atoms with Crippen LogP contribution in [0.5, 0.6) is 0 Å². The van der Waals surface area contributed by atoms with E-state index in [4.69, 9.17) is 5.11 Å². The molecule has 2 rings (SSSR count). The Kier molecular flexibility index (Phi) is 4.89. The summed E-state index contributed by atoms with van der Waals surface area (Å²) in [6.45, 7) is 0. The summed E-state index contributed by atoms with van der Waals surface area (Å²) in [5.41, 5.74) is 0.302. The lowest BCUT2D eigenvalue weighted by Crippen LogP contribution is -2.14. The van der Waals surface area contributed by atoms with Crippen molar-refractivity contribution >= 4 is 60.2 Å². The van der Waals surface area contributed by atoms with E-state index in [0.29, 0.717) is 10.2 Å². The molecule has 0 spiro atoms. The minimum Gasteiger partial charge on any atom is -0.478 e. The van der Waals surface area contributed by atoms with Crippen LogP contribution < -0.4 is 4.72 Å². The molecule has 0 atom stereocenters. The molecule has 2 aromatic rings. The molecule has 110 valence electrons. The Balaban J connectivity index is 2.38. The van der Waals surface area contributed by atoms with Gasteiger partial charge in [-0.2, -0.15) is 0 Å². The second-order valence-electron chi connectivity index (χ2n) is 4.06. The van der Waals surface area contributed by atoms with Crippen LogP contribution in [0.25, 0.3) is 0 Å². The van der Waals surface area contributed by atoms with Crippen LogP contribution in [0.4, 0.5) is 5.69 Å². The normalized spacial score (nSPS) is 11.1. The van der Waals surface area contributed by atoms with Crippen molar-refractivity contribution in [2.45, 2.75) is 4.90 Å². The Labute approximate surface area is 143 Å². The molecule has 0 fully saturated rings. The third kappa shape index (κ3) is 3.95. The fourth-order valence-electron chi connectivity index (χ4n) is 1.57. The summed E-state index contributed by atoms with van der Waals surface area (Å²) in [4.78, 5) is 10.9. The van der Waals surface area contributed by atoms with Gasteiger partial charge in [0.2, 0.25) is 0 Å². The van der Waals surface area contributed by atoms with Crippen LogP contribution in [-0.2, 0) is 10.0 Å². The van der Waals surface area contributed by atoms with Crippen LogP contribution in [0.2, 0.25) is 0 Å². The molecule has 2 N–H and O–H groups in total. The first-order valence-electron chi connectivity index (χ1n) is 5.61. The number of hydrogen-bond donors (Lipinski definition) is 2. The third-order valence-electron chi connectivity index (χ3n) is 2.57. The summed E-state index contributed by atoms with van der Waals surface area (Å²) in [5, 5.41) is 9.03. The molecule has 0 heterocycles. The van der Waals surface area contributed by atoms with Gasteiger partial charge in [0.15, 0.2) is 0 Å². The quantitative estimate of drug-likeness (QED) is 0.654. The maximum Gasteiger partial charge on any atom is 0.336 e. The highest BCUT2D eigenvalue weighted by molar-refractivity contribution is 14.1. The largest absolute Gasteiger partial charge is 0.478 e. The molecule has 8 heteroatoms. The topological polar surface area (TPSA) is 83.5 Å². The number of halogens is 2. The number of aromatic carboxylic acids is 1. The van der Waals surface area contributed by atoms with E-state index in [1.54, 1.807) is 24.3 Å². The van der Waals surface area contributed by atoms with Crippen molar-refractivity contribution in [1.82, 2.24) is 0 Å². The number of nitrogens with one attached hydrogen (secondary N) is 1. The molecular weight excluding hydrogens is 473 g/mol. The lowest BCUT2D eigenvalue weighted by Gasteiger charge is -2.09. The second kappa shape index (κ2) is 6.32. The predicted molar refractivity (Wildman–Crippen MR) is 91.1 cm³/mol. The summed E-state index contributed by atoms with van der Waals surface area (Å²) in [7, 11) is -3.84. The SMILES string of the molecule is O=C(O)c1cc(S(=O)(=O)Nc2ccc(I)cc2)ccc1Br. The number of carboxylic acid groups (broad SMARTS) is 1. The molecule has 0 aliphatic carbocycles. The zero-order valence-corrected chi connectivity index (χ0v) is 14.9. The van der Waals surface area contributed by atoms with Crippen LogP contribution in [0.3, 0.4) is 0 Å². The standard InChI is InChI=1S/C13H9BrINO4S/c14-12-6-5-10(7-11(12)13(17)18)21(19,20)16-9-3-1-8(15)2-4-9/h1-7,16H,(H,17,18). The fourth-order valence-corrected chi connectivity index (χ4v) is 3.43. The van der Waals surface area contributed by atoms with Gasteiger partial charge in [0.05, 0.1) is 10.5 Å². The molecule has 0 aliphatic heterocycles. The number of carbonyl (C=O) groups is 1. The van der Waals surface area contributed by atoms with Gasteiger partial charge in [-0.15, -0.1) is 0 Å². The van der Waals surface area contributed by atoms with E-state index < -0.39 is 16.0 Å². The van der Waals surface area contributed by atoms with Crippen LogP contribution in [0, 0.1) is 3.57 Å². The van der Waals surface area contributed by atoms with Crippen molar-refractivity contribution in [3.8, 4) is 0 Å². The molecule has 5 nitrogen and oxygen atoms in total. The first-order valence-corrected chi connectivity index (χ1v) is 8.96. The summed E-state index contributed by atoms with van der Waals surface area (Å²) >= 11 is 5.19. The molecule has 0 saturated carbocycles. The highest BCUT2D eigenvalue weighted by atomic mass is 127. The Morgan fingerprint density at radius 3 is 2.33 bits per heavy atom. The van der Waals surface area contributed by atoms with Gasteiger partial charge in [0.1, 0.15) is 0 Å². The van der Waals surface area contributed by atoms with Crippen molar-refractivity contribution in [2.24, 2.45) is 0 Å². The van der Waals surface area contributed by atoms with Gasteiger partial charge < -0.3 is 5.11 Å². The van der Waals surface area contributed by atoms with Gasteiger partial charge in [0, 0.05) is 13.7 Å². The summed E-state index contributed by atoms with van der Waals surface area (Å²) in [5.74, 6) is -1.20. The average molecular weight is 482 g/mol. The Bertz CT molecular complexity index is 790. The molecule has 0 aliphatic rings. The van der Waals surface area contributed by atoms with E-state index in [2.05, 4.69) is 43.2 Å². The lowest BCUT2D eigenvalue weighted by molar-refractivity contribution is 0.0695. The van der Waals surface area contributed by atoms with E-state index >= 15 is 0 Å². The summed E-state index contributed by atoms with van der Waals surface area (Å²) in [6, 6.07) is 10.6. The van der Waals surface area contributed by atoms with E-state index in [1.165, 1.54) is 12.1 Å². The van der Waals surface area contributed by atoms with Crippen LogP contribution >= 0.6 is 38.5 Å². The van der Waals surface area contributed by atoms with E-state index in [1.807, 2.05) is 0 Å². The number of sulfonamides is 1. The number of anilines is 1. The smallest absolute Gasteiger partial charge is 0.336 e. The zero-order valence-electron chi connectivity index (χ0n) is 10.4. The molecular formula is C13H9BrINO4S. The van der Waals surface area contributed by atoms with Crippen molar-refractivity contribution in [3.05, 3.63) is 56.1 Å². The van der Waals surface area contributed by atoms with Gasteiger partial charge >= 0.3 is 5.97 Å². The fraction of sp³-hybridized carbons (Fsp3) is 0. The predicted octanol–water partition coefficient (Wildman–Crippen LogP) is 3.55. The Morgan fingerprint density at radius 2 is 1.76 bits per heavy atom. The second-order valence-corrected chi connectivity index (χ2v) is 7.84. The molecule has 0 unspecified atom stereocenters. The minimum absolute atomic E-state index is 0.110. The maximum atomic E-state index is 12.3. The molecule has 21 heavy (non-hydrogen) atoms. The highest BCUT2D eigenvalue weighted by Crippen LogP contribution is 2.23. The van der Waals surface area contributed by atoms with Gasteiger partial charge in [0.25, 0.3) is 10.0 Å². The first kappa shape index (κ1) is 16.2. The van der Waals surface area contributed by atoms with E-state index in [0.717, 1.165) is 9.64 Å². The lowest BCUT2D eigenvalue weighted by atomic mass is 10.2. The summed E-state index contributed by atoms with van der Waals surface area (Å²) in [6.07, 6.45) is 0. The molecule has 0 amide bonds. The zero-order chi connectivity index (χ0) is 15.6. The highest BCUT2D eigenvalue weighted by Gasteiger charge is 2.18. The monoisotopic (exact) mass is 481 g/mol. The average Bonchev–Trinajstić information content (AvgIpc) is 2.41. The molecule has 2 aromatic carbocycles. The third-order valence-corrected chi connectivity index (χ3v) is 5.36. The number of benzene rings is 2. The van der Waals surface area contributed by atoms with E-state index in [-0.39, 0.29) is 10.5 Å². The van der Waals surface area contributed by atoms with Crippen LogP contribution in [-0.4, -0.2) is 19.5 Å². The first-order chi connectivity index (χ1) is 9.79. The Morgan fingerprint density at radius 1 is 1.14 bits per heavy atom. The van der Waals surface area contributed by atoms with Crippen molar-refractivity contribution < 1.29 is 18.3 Å². The maximum absolute atomic E-state index is 12.3. The van der Waals surface area contributed by atoms with Crippen molar-refractivity contribution in [3.63, 3.8) is 0 Å².